The molecule has 0 saturated heterocycles. The fraction of sp³-hybridized carbons (Fsp3) is 0.167. The second kappa shape index (κ2) is 8.18. The molecule has 0 atom stereocenters. The number of nitrogens with zero attached hydrogens (tertiary/aromatic N) is 2. The number of para-hydroxylation sites is 1. The minimum Gasteiger partial charge on any atom is -0.480 e. The molecule has 0 aliphatic carbocycles. The molecule has 0 amide bonds. The molecule has 31 heavy (non-hydrogen) atoms. The van der Waals surface area contributed by atoms with Gasteiger partial charge >= 0.3 is 5.97 Å². The van der Waals surface area contributed by atoms with E-state index in [2.05, 4.69) is 0 Å². The summed E-state index contributed by atoms with van der Waals surface area (Å²) >= 11 is 0. The summed E-state index contributed by atoms with van der Waals surface area (Å²) in [6.07, 6.45) is 2.16. The third kappa shape index (κ3) is 4.26. The number of hydrogen-bond acceptors (Lipinski definition) is 2. The van der Waals surface area contributed by atoms with Crippen molar-refractivity contribution in [1.82, 2.24) is 9.13 Å². The Hall–Kier alpha value is -3.74. The van der Waals surface area contributed by atoms with Crippen LogP contribution in [0.4, 0.5) is 8.78 Å². The number of benzene rings is 2. The molecule has 0 aliphatic heterocycles. The van der Waals surface area contributed by atoms with Crippen LogP contribution in [0.1, 0.15) is 22.4 Å². The molecule has 4 aromatic rings. The van der Waals surface area contributed by atoms with Crippen LogP contribution in [-0.2, 0) is 24.3 Å². The molecule has 0 fully saturated rings. The van der Waals surface area contributed by atoms with Gasteiger partial charge in [-0.1, -0.05) is 24.3 Å². The van der Waals surface area contributed by atoms with Crippen molar-refractivity contribution in [3.05, 3.63) is 105 Å². The summed E-state index contributed by atoms with van der Waals surface area (Å²) in [5, 5.41) is 10.2. The fourth-order valence-electron chi connectivity index (χ4n) is 3.98. The summed E-state index contributed by atoms with van der Waals surface area (Å²) < 4.78 is 30.2. The number of aromatic nitrogens is 2. The number of halogens is 2. The molecule has 158 valence electrons. The highest BCUT2D eigenvalue weighted by Crippen LogP contribution is 2.28. The van der Waals surface area contributed by atoms with Gasteiger partial charge in [-0.15, -0.1) is 0 Å². The number of aliphatic carboxylic acids is 1. The van der Waals surface area contributed by atoms with Gasteiger partial charge in [-0.3, -0.25) is 9.59 Å². The standard InChI is InChI=1S/C24H20F2N2O3/c1-15-21(20-4-2-3-5-22(20)28(15)14-24(30)31)10-16-6-7-23(29)27(12-16)13-17-8-18(25)11-19(26)9-17/h2-9,11-12H,10,13-14H2,1H3,(H,30,31). The van der Waals surface area contributed by atoms with Gasteiger partial charge in [0.05, 0.1) is 6.54 Å². The van der Waals surface area contributed by atoms with Crippen LogP contribution in [0.15, 0.2) is 65.6 Å². The zero-order chi connectivity index (χ0) is 22.1. The van der Waals surface area contributed by atoms with Gasteiger partial charge < -0.3 is 14.2 Å². The highest BCUT2D eigenvalue weighted by Gasteiger charge is 2.16. The second-order valence-electron chi connectivity index (χ2n) is 7.52. The van der Waals surface area contributed by atoms with E-state index in [0.29, 0.717) is 12.0 Å². The van der Waals surface area contributed by atoms with E-state index in [1.54, 1.807) is 16.8 Å². The third-order valence-corrected chi connectivity index (χ3v) is 5.36. The maximum Gasteiger partial charge on any atom is 0.323 e. The number of hydrogen-bond donors (Lipinski definition) is 1. The van der Waals surface area contributed by atoms with Gasteiger partial charge in [0.25, 0.3) is 5.56 Å². The summed E-state index contributed by atoms with van der Waals surface area (Å²) in [5.74, 6) is -2.31. The van der Waals surface area contributed by atoms with E-state index >= 15 is 0 Å². The monoisotopic (exact) mass is 422 g/mol. The van der Waals surface area contributed by atoms with Crippen LogP contribution >= 0.6 is 0 Å². The topological polar surface area (TPSA) is 64.2 Å². The summed E-state index contributed by atoms with van der Waals surface area (Å²) in [5.41, 5.74) is 3.55. The molecule has 4 rings (SSSR count). The summed E-state index contributed by atoms with van der Waals surface area (Å²) in [6.45, 7) is 1.78. The minimum atomic E-state index is -0.925. The van der Waals surface area contributed by atoms with Crippen LogP contribution in [0, 0.1) is 18.6 Å². The number of carbonyl (C=O) groups is 1. The molecule has 2 aromatic carbocycles. The number of rotatable bonds is 6. The maximum absolute atomic E-state index is 13.5. The Labute approximate surface area is 176 Å². The Balaban J connectivity index is 1.71. The van der Waals surface area contributed by atoms with E-state index < -0.39 is 17.6 Å². The summed E-state index contributed by atoms with van der Waals surface area (Å²) in [6, 6.07) is 13.9. The normalized spacial score (nSPS) is 11.2. The van der Waals surface area contributed by atoms with Crippen LogP contribution in [0.5, 0.6) is 0 Å². The van der Waals surface area contributed by atoms with Crippen molar-refractivity contribution < 1.29 is 18.7 Å². The average Bonchev–Trinajstić information content (AvgIpc) is 2.95. The fourth-order valence-corrected chi connectivity index (χ4v) is 3.98. The Morgan fingerprint density at radius 1 is 1.00 bits per heavy atom. The van der Waals surface area contributed by atoms with E-state index in [0.717, 1.165) is 33.8 Å². The predicted molar refractivity (Wildman–Crippen MR) is 113 cm³/mol. The lowest BCUT2D eigenvalue weighted by atomic mass is 10.0. The van der Waals surface area contributed by atoms with Crippen molar-refractivity contribution in [2.75, 3.05) is 0 Å². The van der Waals surface area contributed by atoms with Crippen LogP contribution in [0.3, 0.4) is 0 Å². The van der Waals surface area contributed by atoms with Gasteiger partial charge in [-0.2, -0.15) is 0 Å². The predicted octanol–water partition coefficient (Wildman–Crippen LogP) is 4.11. The van der Waals surface area contributed by atoms with Gasteiger partial charge in [0.15, 0.2) is 0 Å². The second-order valence-corrected chi connectivity index (χ2v) is 7.52. The zero-order valence-corrected chi connectivity index (χ0v) is 16.8. The smallest absolute Gasteiger partial charge is 0.323 e. The molecule has 0 aliphatic rings. The van der Waals surface area contributed by atoms with E-state index in [1.165, 1.54) is 22.8 Å². The van der Waals surface area contributed by atoms with Crippen molar-refractivity contribution in [2.45, 2.75) is 26.4 Å². The van der Waals surface area contributed by atoms with Gasteiger partial charge in [0, 0.05) is 41.3 Å². The molecule has 0 unspecified atom stereocenters. The lowest BCUT2D eigenvalue weighted by Crippen LogP contribution is -2.20. The van der Waals surface area contributed by atoms with E-state index in [4.69, 9.17) is 0 Å². The highest BCUT2D eigenvalue weighted by atomic mass is 19.1. The number of fused-ring (bicyclic) bond motifs is 1. The molecule has 2 aromatic heterocycles. The van der Waals surface area contributed by atoms with Crippen molar-refractivity contribution in [3.8, 4) is 0 Å². The van der Waals surface area contributed by atoms with Crippen molar-refractivity contribution in [3.63, 3.8) is 0 Å². The Morgan fingerprint density at radius 2 is 1.71 bits per heavy atom. The molecule has 0 bridgehead atoms. The molecule has 2 heterocycles. The third-order valence-electron chi connectivity index (χ3n) is 5.36. The minimum absolute atomic E-state index is 0.0428. The van der Waals surface area contributed by atoms with Crippen LogP contribution in [0.25, 0.3) is 10.9 Å². The Bertz CT molecular complexity index is 1330. The van der Waals surface area contributed by atoms with E-state index in [1.807, 2.05) is 31.2 Å². The quantitative estimate of drug-likeness (QED) is 0.509. The molecular weight excluding hydrogens is 402 g/mol. The molecular formula is C24H20F2N2O3. The summed E-state index contributed by atoms with van der Waals surface area (Å²) in [4.78, 5) is 23.6. The molecule has 1 N–H and O–H groups in total. The Morgan fingerprint density at radius 3 is 2.42 bits per heavy atom. The lowest BCUT2D eigenvalue weighted by Gasteiger charge is -2.10. The van der Waals surface area contributed by atoms with E-state index in [-0.39, 0.29) is 18.6 Å². The van der Waals surface area contributed by atoms with Gasteiger partial charge in [0.1, 0.15) is 18.2 Å². The zero-order valence-electron chi connectivity index (χ0n) is 16.8. The lowest BCUT2D eigenvalue weighted by molar-refractivity contribution is -0.137. The molecule has 5 nitrogen and oxygen atoms in total. The van der Waals surface area contributed by atoms with Crippen molar-refractivity contribution in [1.29, 1.82) is 0 Å². The highest BCUT2D eigenvalue weighted by molar-refractivity contribution is 5.87. The van der Waals surface area contributed by atoms with E-state index in [9.17, 15) is 23.5 Å². The van der Waals surface area contributed by atoms with Crippen LogP contribution in [0.2, 0.25) is 0 Å². The van der Waals surface area contributed by atoms with Gasteiger partial charge in [0.2, 0.25) is 0 Å². The van der Waals surface area contributed by atoms with Gasteiger partial charge in [-0.05, 0) is 41.8 Å². The average molecular weight is 422 g/mol. The van der Waals surface area contributed by atoms with Crippen molar-refractivity contribution in [2.24, 2.45) is 0 Å². The van der Waals surface area contributed by atoms with Crippen molar-refractivity contribution >= 4 is 16.9 Å². The number of carboxylic acids is 1. The largest absolute Gasteiger partial charge is 0.480 e. The maximum atomic E-state index is 13.5. The van der Waals surface area contributed by atoms with Crippen LogP contribution < -0.4 is 5.56 Å². The van der Waals surface area contributed by atoms with Gasteiger partial charge in [-0.25, -0.2) is 8.78 Å². The first-order valence-corrected chi connectivity index (χ1v) is 9.74. The molecule has 0 saturated carbocycles. The van der Waals surface area contributed by atoms with Crippen LogP contribution in [-0.4, -0.2) is 20.2 Å². The number of carboxylic acid groups (broad SMARTS) is 1. The Kier molecular flexibility index (Phi) is 5.42. The first-order valence-electron chi connectivity index (χ1n) is 9.74. The molecule has 0 spiro atoms. The first-order chi connectivity index (χ1) is 14.8. The SMILES string of the molecule is Cc1c(Cc2ccc(=O)n(Cc3cc(F)cc(F)c3)c2)c2ccccc2n1CC(=O)O. The molecule has 7 heteroatoms. The first kappa shape index (κ1) is 20.5. The summed E-state index contributed by atoms with van der Waals surface area (Å²) in [7, 11) is 0. The molecule has 0 radical (unpaired) electrons. The number of pyridine rings is 1.